The van der Waals surface area contributed by atoms with Crippen molar-refractivity contribution >= 4 is 5.97 Å². The van der Waals surface area contributed by atoms with Gasteiger partial charge in [0.1, 0.15) is 0 Å². The van der Waals surface area contributed by atoms with Gasteiger partial charge in [-0.25, -0.2) is 4.79 Å². The second-order valence-corrected chi connectivity index (χ2v) is 5.23. The van der Waals surface area contributed by atoms with Gasteiger partial charge in [0, 0.05) is 12.0 Å². The maximum atomic E-state index is 11.3. The second-order valence-electron chi connectivity index (χ2n) is 5.23. The smallest absolute Gasteiger partial charge is 0.333 e. The van der Waals surface area contributed by atoms with E-state index in [0.29, 0.717) is 18.6 Å². The summed E-state index contributed by atoms with van der Waals surface area (Å²) < 4.78 is 5.10. The van der Waals surface area contributed by atoms with Crippen LogP contribution in [0.25, 0.3) is 11.1 Å². The van der Waals surface area contributed by atoms with Gasteiger partial charge in [-0.3, -0.25) is 0 Å². The summed E-state index contributed by atoms with van der Waals surface area (Å²) in [6, 6.07) is 16.8. The molecule has 0 atom stereocenters. The van der Waals surface area contributed by atoms with Crippen molar-refractivity contribution in [3.8, 4) is 11.1 Å². The quantitative estimate of drug-likeness (QED) is 0.602. The number of carbonyl (C=O) groups is 1. The predicted molar refractivity (Wildman–Crippen MR) is 86.1 cm³/mol. The first-order chi connectivity index (χ1) is 10.1. The molecule has 2 rings (SSSR count). The zero-order valence-corrected chi connectivity index (χ0v) is 12.6. The van der Waals surface area contributed by atoms with Crippen LogP contribution in [0.4, 0.5) is 0 Å². The Morgan fingerprint density at radius 2 is 1.52 bits per heavy atom. The van der Waals surface area contributed by atoms with Crippen molar-refractivity contribution in [3.63, 3.8) is 0 Å². The highest BCUT2D eigenvalue weighted by Gasteiger charge is 2.03. The Hall–Kier alpha value is -2.35. The maximum absolute atomic E-state index is 11.3. The molecular weight excluding hydrogens is 260 g/mol. The molecule has 0 aliphatic rings. The van der Waals surface area contributed by atoms with E-state index >= 15 is 0 Å². The van der Waals surface area contributed by atoms with Crippen molar-refractivity contribution in [3.05, 3.63) is 71.8 Å². The van der Waals surface area contributed by atoms with Crippen molar-refractivity contribution < 1.29 is 9.53 Å². The minimum atomic E-state index is -0.328. The molecule has 0 saturated carbocycles. The van der Waals surface area contributed by atoms with Crippen LogP contribution in [0.3, 0.4) is 0 Å². The molecule has 0 amide bonds. The van der Waals surface area contributed by atoms with Gasteiger partial charge in [-0.05, 0) is 30.5 Å². The fourth-order valence-electron chi connectivity index (χ4n) is 1.99. The topological polar surface area (TPSA) is 26.3 Å². The van der Waals surface area contributed by atoms with Gasteiger partial charge in [-0.1, -0.05) is 60.7 Å². The van der Waals surface area contributed by atoms with Gasteiger partial charge in [-0.2, -0.15) is 0 Å². The van der Waals surface area contributed by atoms with Crippen molar-refractivity contribution in [1.29, 1.82) is 0 Å². The Morgan fingerprint density at radius 3 is 2.05 bits per heavy atom. The zero-order valence-electron chi connectivity index (χ0n) is 12.6. The summed E-state index contributed by atoms with van der Waals surface area (Å²) in [5.41, 5.74) is 5.25. The van der Waals surface area contributed by atoms with E-state index in [4.69, 9.17) is 4.74 Å². The van der Waals surface area contributed by atoms with E-state index in [-0.39, 0.29) is 5.97 Å². The summed E-state index contributed by atoms with van der Waals surface area (Å²) in [5.74, 6) is -0.328. The van der Waals surface area contributed by atoms with Gasteiger partial charge in [0.25, 0.3) is 0 Å². The second kappa shape index (κ2) is 6.89. The molecule has 0 fully saturated rings. The number of hydrogen-bond acceptors (Lipinski definition) is 2. The largest absolute Gasteiger partial charge is 0.462 e. The summed E-state index contributed by atoms with van der Waals surface area (Å²) >= 11 is 0. The van der Waals surface area contributed by atoms with Crippen LogP contribution in [0, 0.1) is 6.92 Å². The van der Waals surface area contributed by atoms with Gasteiger partial charge < -0.3 is 4.74 Å². The summed E-state index contributed by atoms with van der Waals surface area (Å²) in [7, 11) is 0. The molecule has 0 N–H and O–H groups in total. The fourth-order valence-corrected chi connectivity index (χ4v) is 1.99. The first-order valence-electron chi connectivity index (χ1n) is 7.05. The summed E-state index contributed by atoms with van der Waals surface area (Å²) in [6.45, 7) is 7.68. The monoisotopic (exact) mass is 280 g/mol. The number of rotatable bonds is 5. The Labute approximate surface area is 126 Å². The van der Waals surface area contributed by atoms with Crippen LogP contribution in [0.5, 0.6) is 0 Å². The number of carbonyl (C=O) groups excluding carboxylic acids is 1. The van der Waals surface area contributed by atoms with Crippen molar-refractivity contribution in [2.45, 2.75) is 20.3 Å². The van der Waals surface area contributed by atoms with E-state index in [1.807, 2.05) is 0 Å². The lowest BCUT2D eigenvalue weighted by Crippen LogP contribution is -2.07. The predicted octanol–water partition coefficient (Wildman–Crippen LogP) is 4.32. The average Bonchev–Trinajstić information content (AvgIpc) is 2.48. The van der Waals surface area contributed by atoms with E-state index in [9.17, 15) is 4.79 Å². The summed E-state index contributed by atoms with van der Waals surface area (Å²) in [4.78, 5) is 11.3. The minimum Gasteiger partial charge on any atom is -0.462 e. The average molecular weight is 280 g/mol. The van der Waals surface area contributed by atoms with Crippen molar-refractivity contribution in [1.82, 2.24) is 0 Å². The van der Waals surface area contributed by atoms with Crippen LogP contribution < -0.4 is 0 Å². The Morgan fingerprint density at radius 1 is 1.00 bits per heavy atom. The molecule has 2 nitrogen and oxygen atoms in total. The molecule has 2 aromatic rings. The molecule has 0 heterocycles. The van der Waals surface area contributed by atoms with Gasteiger partial charge >= 0.3 is 5.97 Å². The SMILES string of the molecule is C=C(C)C(=O)OCCc1ccc(-c2ccc(C)cc2)cc1. The molecule has 0 aliphatic heterocycles. The molecule has 0 radical (unpaired) electrons. The van der Waals surface area contributed by atoms with Crippen LogP contribution in [0.2, 0.25) is 0 Å². The van der Waals surface area contributed by atoms with E-state index < -0.39 is 0 Å². The van der Waals surface area contributed by atoms with Gasteiger partial charge in [-0.15, -0.1) is 0 Å². The normalized spacial score (nSPS) is 10.2. The molecule has 0 spiro atoms. The lowest BCUT2D eigenvalue weighted by atomic mass is 10.0. The molecule has 0 bridgehead atoms. The van der Waals surface area contributed by atoms with Crippen LogP contribution in [-0.4, -0.2) is 12.6 Å². The number of aryl methyl sites for hydroxylation is 1. The highest BCUT2D eigenvalue weighted by Crippen LogP contribution is 2.20. The molecular formula is C19H20O2. The third-order valence-corrected chi connectivity index (χ3v) is 3.31. The maximum Gasteiger partial charge on any atom is 0.333 e. The Bertz CT molecular complexity index is 622. The highest BCUT2D eigenvalue weighted by atomic mass is 16.5. The molecule has 0 unspecified atom stereocenters. The van der Waals surface area contributed by atoms with Crippen molar-refractivity contribution in [2.75, 3.05) is 6.61 Å². The first kappa shape index (κ1) is 15.0. The highest BCUT2D eigenvalue weighted by molar-refractivity contribution is 5.86. The van der Waals surface area contributed by atoms with Crippen LogP contribution in [0.1, 0.15) is 18.1 Å². The molecule has 21 heavy (non-hydrogen) atoms. The fraction of sp³-hybridized carbons (Fsp3) is 0.211. The standard InChI is InChI=1S/C19H20O2/c1-14(2)19(20)21-13-12-16-6-10-18(11-7-16)17-8-4-15(3)5-9-17/h4-11H,1,12-13H2,2-3H3. The third kappa shape index (κ3) is 4.32. The molecule has 2 aromatic carbocycles. The Balaban J connectivity index is 1.94. The number of ether oxygens (including phenoxy) is 1. The molecule has 2 heteroatoms. The van der Waals surface area contributed by atoms with E-state index in [2.05, 4.69) is 62.0 Å². The van der Waals surface area contributed by atoms with Crippen molar-refractivity contribution in [2.24, 2.45) is 0 Å². The molecule has 0 aliphatic carbocycles. The number of hydrogen-bond donors (Lipinski definition) is 0. The molecule has 0 aromatic heterocycles. The summed E-state index contributed by atoms with van der Waals surface area (Å²) in [5, 5.41) is 0. The number of esters is 1. The van der Waals surface area contributed by atoms with Crippen LogP contribution in [0.15, 0.2) is 60.7 Å². The number of benzene rings is 2. The van der Waals surface area contributed by atoms with Gasteiger partial charge in [0.2, 0.25) is 0 Å². The minimum absolute atomic E-state index is 0.328. The Kier molecular flexibility index (Phi) is 4.94. The zero-order chi connectivity index (χ0) is 15.2. The molecule has 0 saturated heterocycles. The summed E-state index contributed by atoms with van der Waals surface area (Å²) in [6.07, 6.45) is 0.715. The van der Waals surface area contributed by atoms with E-state index in [1.54, 1.807) is 6.92 Å². The van der Waals surface area contributed by atoms with Crippen LogP contribution in [-0.2, 0) is 16.0 Å². The lowest BCUT2D eigenvalue weighted by molar-refractivity contribution is -0.138. The third-order valence-electron chi connectivity index (χ3n) is 3.31. The molecule has 108 valence electrons. The van der Waals surface area contributed by atoms with Gasteiger partial charge in [0.05, 0.1) is 6.61 Å². The first-order valence-corrected chi connectivity index (χ1v) is 7.05. The van der Waals surface area contributed by atoms with Crippen LogP contribution >= 0.6 is 0 Å². The van der Waals surface area contributed by atoms with E-state index in [1.165, 1.54) is 16.7 Å². The van der Waals surface area contributed by atoms with Gasteiger partial charge in [0.15, 0.2) is 0 Å². The lowest BCUT2D eigenvalue weighted by Gasteiger charge is -2.06. The van der Waals surface area contributed by atoms with E-state index in [0.717, 1.165) is 5.56 Å².